The average Bonchev–Trinajstić information content (AvgIpc) is 3.15. The van der Waals surface area contributed by atoms with Crippen LogP contribution in [0.4, 0.5) is 5.69 Å². The van der Waals surface area contributed by atoms with Gasteiger partial charge >= 0.3 is 0 Å². The van der Waals surface area contributed by atoms with Crippen molar-refractivity contribution in [3.63, 3.8) is 0 Å². The molecule has 1 aliphatic carbocycles. The van der Waals surface area contributed by atoms with Crippen LogP contribution in [0, 0.1) is 11.3 Å². The van der Waals surface area contributed by atoms with E-state index in [-0.39, 0.29) is 11.7 Å². The minimum atomic E-state index is -0.375. The van der Waals surface area contributed by atoms with E-state index in [0.29, 0.717) is 17.8 Å². The molecule has 4 nitrogen and oxygen atoms in total. The van der Waals surface area contributed by atoms with Gasteiger partial charge in [0.1, 0.15) is 5.82 Å². The molecule has 0 saturated carbocycles. The van der Waals surface area contributed by atoms with Crippen LogP contribution < -0.4 is 10.6 Å². The van der Waals surface area contributed by atoms with Gasteiger partial charge in [0.05, 0.1) is 17.6 Å². The third-order valence-electron chi connectivity index (χ3n) is 5.20. The number of thiophene rings is 1. The minimum absolute atomic E-state index is 0.123. The van der Waals surface area contributed by atoms with E-state index in [4.69, 9.17) is 5.73 Å². The minimum Gasteiger partial charge on any atom is -0.384 e. The van der Waals surface area contributed by atoms with E-state index in [2.05, 4.69) is 35.0 Å². The van der Waals surface area contributed by atoms with Crippen LogP contribution in [0.3, 0.4) is 0 Å². The summed E-state index contributed by atoms with van der Waals surface area (Å²) in [4.78, 5) is 17.2. The second-order valence-corrected chi connectivity index (χ2v) is 10.0. The summed E-state index contributed by atoms with van der Waals surface area (Å²) in [6.07, 6.45) is 2.08. The van der Waals surface area contributed by atoms with E-state index >= 15 is 0 Å². The molecule has 1 atom stereocenters. The van der Waals surface area contributed by atoms with Gasteiger partial charge in [-0.15, -0.1) is 23.1 Å². The molecule has 2 aliphatic rings. The summed E-state index contributed by atoms with van der Waals surface area (Å²) in [6, 6.07) is 12.2. The van der Waals surface area contributed by atoms with Crippen LogP contribution in [-0.4, -0.2) is 11.5 Å². The van der Waals surface area contributed by atoms with E-state index in [0.717, 1.165) is 49.8 Å². The largest absolute Gasteiger partial charge is 0.384 e. The number of hydrogen-bond acceptors (Lipinski definition) is 6. The van der Waals surface area contributed by atoms with Crippen LogP contribution >= 0.6 is 39.0 Å². The maximum absolute atomic E-state index is 13.1. The maximum Gasteiger partial charge on any atom is 0.161 e. The molecule has 148 valence electrons. The smallest absolute Gasteiger partial charge is 0.161 e. The van der Waals surface area contributed by atoms with Gasteiger partial charge in [0.25, 0.3) is 0 Å². The lowest BCUT2D eigenvalue weighted by Crippen LogP contribution is -2.38. The first-order valence-corrected chi connectivity index (χ1v) is 12.1. The zero-order valence-corrected chi connectivity index (χ0v) is 19.2. The summed E-state index contributed by atoms with van der Waals surface area (Å²) in [7, 11) is 0. The van der Waals surface area contributed by atoms with Crippen LogP contribution in [0.1, 0.15) is 37.0 Å². The molecule has 0 radical (unpaired) electrons. The lowest BCUT2D eigenvalue weighted by Gasteiger charge is -2.39. The van der Waals surface area contributed by atoms with Crippen molar-refractivity contribution in [3.8, 4) is 6.07 Å². The molecule has 2 heterocycles. The summed E-state index contributed by atoms with van der Waals surface area (Å²) in [6.45, 7) is 2.11. The Morgan fingerprint density at radius 2 is 2.21 bits per heavy atom. The van der Waals surface area contributed by atoms with Gasteiger partial charge in [0.2, 0.25) is 0 Å². The second-order valence-electron chi connectivity index (χ2n) is 6.88. The highest BCUT2D eigenvalue weighted by molar-refractivity contribution is 9.10. The molecule has 0 spiro atoms. The van der Waals surface area contributed by atoms with Crippen molar-refractivity contribution in [1.82, 2.24) is 0 Å². The molecular formula is C22H20BrN3OS2. The Morgan fingerprint density at radius 1 is 1.38 bits per heavy atom. The maximum atomic E-state index is 13.1. The van der Waals surface area contributed by atoms with Crippen LogP contribution in [0.25, 0.3) is 0 Å². The summed E-state index contributed by atoms with van der Waals surface area (Å²) in [5, 5.41) is 12.1. The molecule has 0 fully saturated rings. The Kier molecular flexibility index (Phi) is 5.86. The van der Waals surface area contributed by atoms with E-state index in [1.807, 2.05) is 34.5 Å². The van der Waals surface area contributed by atoms with E-state index in [1.54, 1.807) is 23.1 Å². The molecule has 2 N–H and O–H groups in total. The molecule has 2 aromatic rings. The number of nitriles is 1. The molecule has 1 aliphatic heterocycles. The lowest BCUT2D eigenvalue weighted by molar-refractivity contribution is -0.116. The number of carbonyl (C=O) groups is 1. The molecule has 7 heteroatoms. The van der Waals surface area contributed by atoms with Gasteiger partial charge in [0, 0.05) is 37.6 Å². The van der Waals surface area contributed by atoms with Crippen molar-refractivity contribution in [3.05, 3.63) is 67.7 Å². The molecule has 1 aromatic carbocycles. The predicted octanol–water partition coefficient (Wildman–Crippen LogP) is 5.93. The van der Waals surface area contributed by atoms with Crippen LogP contribution in [0.15, 0.2) is 67.7 Å². The Bertz CT molecular complexity index is 1080. The average molecular weight is 486 g/mol. The fourth-order valence-electron chi connectivity index (χ4n) is 4.05. The number of nitrogens with zero attached hydrogens (tertiary/aromatic N) is 2. The van der Waals surface area contributed by atoms with Gasteiger partial charge in [-0.3, -0.25) is 9.69 Å². The van der Waals surface area contributed by atoms with Crippen molar-refractivity contribution in [1.29, 1.82) is 5.26 Å². The highest BCUT2D eigenvalue weighted by atomic mass is 79.9. The zero-order valence-electron chi connectivity index (χ0n) is 15.9. The van der Waals surface area contributed by atoms with Crippen LogP contribution in [-0.2, 0) is 4.79 Å². The zero-order chi connectivity index (χ0) is 20.5. The Labute approximate surface area is 187 Å². The number of Topliss-reactive ketones (excluding diaryl/α,β-unsaturated/α-hetero) is 1. The highest BCUT2D eigenvalue weighted by Crippen LogP contribution is 2.49. The molecule has 0 amide bonds. The highest BCUT2D eigenvalue weighted by Gasteiger charge is 2.41. The first-order valence-electron chi connectivity index (χ1n) is 9.48. The van der Waals surface area contributed by atoms with Gasteiger partial charge in [-0.25, -0.2) is 0 Å². The number of carbonyl (C=O) groups excluding carboxylic acids is 1. The van der Waals surface area contributed by atoms with Gasteiger partial charge in [0.15, 0.2) is 5.78 Å². The standard InChI is InChI=1S/C22H20BrN3OS2/c1-2-28-18-9-10-29-21(18)19-15(12-24)22(25)26(14-6-3-5-13(23)11-14)16-7-4-8-17(27)20(16)19/h3,5-6,9-11,19H,2,4,7-8,25H2,1H3. The van der Waals surface area contributed by atoms with Gasteiger partial charge < -0.3 is 5.73 Å². The molecule has 0 saturated heterocycles. The normalized spacial score (nSPS) is 19.4. The monoisotopic (exact) mass is 485 g/mol. The summed E-state index contributed by atoms with van der Waals surface area (Å²) in [5.74, 6) is 1.10. The number of thioether (sulfide) groups is 1. The quantitative estimate of drug-likeness (QED) is 0.543. The third-order valence-corrected chi connectivity index (χ3v) is 7.76. The van der Waals surface area contributed by atoms with Crippen molar-refractivity contribution in [2.75, 3.05) is 10.7 Å². The fourth-order valence-corrected chi connectivity index (χ4v) is 6.49. The van der Waals surface area contributed by atoms with Crippen LogP contribution in [0.5, 0.6) is 0 Å². The number of anilines is 1. The van der Waals surface area contributed by atoms with E-state index in [1.165, 1.54) is 0 Å². The number of rotatable bonds is 4. The van der Waals surface area contributed by atoms with Gasteiger partial charge in [-0.05, 0) is 48.2 Å². The van der Waals surface area contributed by atoms with Crippen molar-refractivity contribution in [2.24, 2.45) is 5.73 Å². The van der Waals surface area contributed by atoms with Crippen LogP contribution in [0.2, 0.25) is 0 Å². The van der Waals surface area contributed by atoms with E-state index in [9.17, 15) is 10.1 Å². The Morgan fingerprint density at radius 3 is 2.93 bits per heavy atom. The fraction of sp³-hybridized carbons (Fsp3) is 0.273. The van der Waals surface area contributed by atoms with Gasteiger partial charge in [-0.2, -0.15) is 5.26 Å². The van der Waals surface area contributed by atoms with E-state index < -0.39 is 0 Å². The number of nitrogens with two attached hydrogens (primary N) is 1. The number of hydrogen-bond donors (Lipinski definition) is 1. The molecule has 29 heavy (non-hydrogen) atoms. The summed E-state index contributed by atoms with van der Waals surface area (Å²) < 4.78 is 0.924. The number of ketones is 1. The summed E-state index contributed by atoms with van der Waals surface area (Å²) >= 11 is 6.86. The molecule has 0 bridgehead atoms. The lowest BCUT2D eigenvalue weighted by atomic mass is 9.78. The number of halogens is 1. The molecular weight excluding hydrogens is 466 g/mol. The Balaban J connectivity index is 1.96. The summed E-state index contributed by atoms with van der Waals surface area (Å²) in [5.41, 5.74) is 9.60. The predicted molar refractivity (Wildman–Crippen MR) is 123 cm³/mol. The second kappa shape index (κ2) is 8.39. The first-order chi connectivity index (χ1) is 14.1. The first kappa shape index (κ1) is 20.3. The van der Waals surface area contributed by atoms with Crippen molar-refractivity contribution < 1.29 is 4.79 Å². The molecule has 4 rings (SSSR count). The van der Waals surface area contributed by atoms with Crippen molar-refractivity contribution in [2.45, 2.75) is 37.0 Å². The number of allylic oxidation sites excluding steroid dienone is 3. The molecule has 1 aromatic heterocycles. The molecule has 1 unspecified atom stereocenters. The van der Waals surface area contributed by atoms with Gasteiger partial charge in [-0.1, -0.05) is 28.9 Å². The number of benzene rings is 1. The SMILES string of the molecule is CCSc1ccsc1C1C(C#N)=C(N)N(c2cccc(Br)c2)C2=C1C(=O)CCC2. The third kappa shape index (κ3) is 3.54. The van der Waals surface area contributed by atoms with Crippen molar-refractivity contribution >= 4 is 50.5 Å². The topological polar surface area (TPSA) is 70.1 Å². The Hall–Kier alpha value is -2.01.